The Morgan fingerprint density at radius 3 is 2.85 bits per heavy atom. The highest BCUT2D eigenvalue weighted by atomic mass is 19.1. The summed E-state index contributed by atoms with van der Waals surface area (Å²) in [6.07, 6.45) is 0. The van der Waals surface area contributed by atoms with Gasteiger partial charge in [0.1, 0.15) is 13.2 Å². The van der Waals surface area contributed by atoms with Gasteiger partial charge in [-0.25, -0.2) is 4.39 Å². The number of phenols is 1. The van der Waals surface area contributed by atoms with Crippen LogP contribution >= 0.6 is 0 Å². The third-order valence-electron chi connectivity index (χ3n) is 3.08. The molecule has 2 aromatic carbocycles. The molecule has 0 saturated carbocycles. The number of hydrogen-bond acceptors (Lipinski definition) is 4. The van der Waals surface area contributed by atoms with Crippen molar-refractivity contribution in [2.45, 2.75) is 6.54 Å². The molecule has 0 unspecified atom stereocenters. The first-order valence-electron chi connectivity index (χ1n) is 6.34. The van der Waals surface area contributed by atoms with Crippen molar-refractivity contribution in [2.75, 3.05) is 18.5 Å². The molecular formula is C15H14FNO3. The van der Waals surface area contributed by atoms with Gasteiger partial charge in [-0.15, -0.1) is 0 Å². The molecule has 0 radical (unpaired) electrons. The number of hydrogen-bond donors (Lipinski definition) is 2. The largest absolute Gasteiger partial charge is 0.505 e. The van der Waals surface area contributed by atoms with Crippen LogP contribution in [-0.2, 0) is 6.54 Å². The molecule has 0 bridgehead atoms. The highest BCUT2D eigenvalue weighted by Gasteiger charge is 2.15. The first-order chi connectivity index (χ1) is 9.74. The van der Waals surface area contributed by atoms with E-state index < -0.39 is 5.82 Å². The average molecular weight is 275 g/mol. The van der Waals surface area contributed by atoms with E-state index in [1.54, 1.807) is 6.07 Å². The van der Waals surface area contributed by atoms with Gasteiger partial charge in [-0.1, -0.05) is 12.1 Å². The van der Waals surface area contributed by atoms with Crippen molar-refractivity contribution in [3.8, 4) is 17.2 Å². The number of para-hydroxylation sites is 1. The van der Waals surface area contributed by atoms with Gasteiger partial charge in [0.05, 0.1) is 0 Å². The van der Waals surface area contributed by atoms with E-state index in [1.165, 1.54) is 12.1 Å². The summed E-state index contributed by atoms with van der Waals surface area (Å²) in [6, 6.07) is 9.86. The molecule has 4 nitrogen and oxygen atoms in total. The lowest BCUT2D eigenvalue weighted by atomic mass is 10.1. The molecule has 0 saturated heterocycles. The van der Waals surface area contributed by atoms with E-state index in [0.29, 0.717) is 25.4 Å². The molecular weight excluding hydrogens is 261 g/mol. The Morgan fingerprint density at radius 1 is 1.15 bits per heavy atom. The van der Waals surface area contributed by atoms with Crippen molar-refractivity contribution < 1.29 is 19.0 Å². The molecule has 0 fully saturated rings. The zero-order valence-corrected chi connectivity index (χ0v) is 10.7. The third kappa shape index (κ3) is 2.47. The Labute approximate surface area is 115 Å². The quantitative estimate of drug-likeness (QED) is 0.846. The highest BCUT2D eigenvalue weighted by molar-refractivity contribution is 5.51. The standard InChI is InChI=1S/C15H14FNO3/c16-12-8-11(4-5-13(12)18)17-9-10-2-1-3-14-15(10)20-7-6-19-14/h1-5,8,17-18H,6-7,9H2. The van der Waals surface area contributed by atoms with Gasteiger partial charge in [0.25, 0.3) is 0 Å². The van der Waals surface area contributed by atoms with Gasteiger partial charge < -0.3 is 19.9 Å². The number of ether oxygens (including phenoxy) is 2. The molecule has 3 rings (SSSR count). The lowest BCUT2D eigenvalue weighted by Crippen LogP contribution is -2.17. The fourth-order valence-electron chi connectivity index (χ4n) is 2.09. The van der Waals surface area contributed by atoms with Crippen molar-refractivity contribution in [2.24, 2.45) is 0 Å². The zero-order chi connectivity index (χ0) is 13.9. The topological polar surface area (TPSA) is 50.7 Å². The Hall–Kier alpha value is -2.43. The van der Waals surface area contributed by atoms with Gasteiger partial charge in [-0.3, -0.25) is 0 Å². The van der Waals surface area contributed by atoms with Crippen LogP contribution in [0.2, 0.25) is 0 Å². The minimum absolute atomic E-state index is 0.357. The molecule has 0 spiro atoms. The summed E-state index contributed by atoms with van der Waals surface area (Å²) in [6.45, 7) is 1.56. The van der Waals surface area contributed by atoms with Crippen LogP contribution in [0.4, 0.5) is 10.1 Å². The van der Waals surface area contributed by atoms with Crippen LogP contribution in [0.5, 0.6) is 17.2 Å². The number of rotatable bonds is 3. The minimum atomic E-state index is -0.648. The molecule has 104 valence electrons. The summed E-state index contributed by atoms with van der Waals surface area (Å²) in [4.78, 5) is 0. The van der Waals surface area contributed by atoms with Crippen LogP contribution in [0.3, 0.4) is 0 Å². The molecule has 2 N–H and O–H groups in total. The lowest BCUT2D eigenvalue weighted by molar-refractivity contribution is 0.170. The predicted molar refractivity (Wildman–Crippen MR) is 72.8 cm³/mol. The van der Waals surface area contributed by atoms with Gasteiger partial charge in [-0.05, 0) is 18.2 Å². The second kappa shape index (κ2) is 5.28. The van der Waals surface area contributed by atoms with Crippen molar-refractivity contribution in [1.29, 1.82) is 0 Å². The van der Waals surface area contributed by atoms with Gasteiger partial charge in [0, 0.05) is 23.9 Å². The van der Waals surface area contributed by atoms with E-state index in [2.05, 4.69) is 5.32 Å². The van der Waals surface area contributed by atoms with Crippen molar-refractivity contribution >= 4 is 5.69 Å². The second-order valence-electron chi connectivity index (χ2n) is 4.46. The van der Waals surface area contributed by atoms with Crippen molar-refractivity contribution in [3.63, 3.8) is 0 Å². The van der Waals surface area contributed by atoms with Crippen molar-refractivity contribution in [3.05, 3.63) is 47.8 Å². The smallest absolute Gasteiger partial charge is 0.166 e. The second-order valence-corrected chi connectivity index (χ2v) is 4.46. The molecule has 2 aromatic rings. The maximum Gasteiger partial charge on any atom is 0.166 e. The maximum atomic E-state index is 13.2. The minimum Gasteiger partial charge on any atom is -0.505 e. The molecule has 0 atom stereocenters. The third-order valence-corrected chi connectivity index (χ3v) is 3.08. The number of phenolic OH excluding ortho intramolecular Hbond substituents is 1. The molecule has 0 aromatic heterocycles. The Balaban J connectivity index is 1.76. The summed E-state index contributed by atoms with van der Waals surface area (Å²) < 4.78 is 24.4. The molecule has 0 amide bonds. The molecule has 1 heterocycles. The monoisotopic (exact) mass is 275 g/mol. The summed E-state index contributed by atoms with van der Waals surface area (Å²) in [7, 11) is 0. The predicted octanol–water partition coefficient (Wildman–Crippen LogP) is 2.91. The van der Waals surface area contributed by atoms with Gasteiger partial charge in [-0.2, -0.15) is 0 Å². The number of benzene rings is 2. The summed E-state index contributed by atoms with van der Waals surface area (Å²) in [5.74, 6) is 0.451. The average Bonchev–Trinajstić information content (AvgIpc) is 2.48. The fraction of sp³-hybridized carbons (Fsp3) is 0.200. The number of nitrogens with one attached hydrogen (secondary N) is 1. The Bertz CT molecular complexity index is 631. The normalized spacial score (nSPS) is 13.1. The van der Waals surface area contributed by atoms with E-state index in [0.717, 1.165) is 17.1 Å². The molecule has 1 aliphatic heterocycles. The van der Waals surface area contributed by atoms with E-state index in [4.69, 9.17) is 14.6 Å². The van der Waals surface area contributed by atoms with Crippen LogP contribution in [0, 0.1) is 5.82 Å². The first-order valence-corrected chi connectivity index (χ1v) is 6.34. The van der Waals surface area contributed by atoms with E-state index in [9.17, 15) is 4.39 Å². The Kier molecular flexibility index (Phi) is 3.33. The maximum absolute atomic E-state index is 13.2. The zero-order valence-electron chi connectivity index (χ0n) is 10.7. The van der Waals surface area contributed by atoms with Crippen LogP contribution in [0.15, 0.2) is 36.4 Å². The van der Waals surface area contributed by atoms with Gasteiger partial charge in [0.2, 0.25) is 0 Å². The van der Waals surface area contributed by atoms with Crippen LogP contribution in [-0.4, -0.2) is 18.3 Å². The highest BCUT2D eigenvalue weighted by Crippen LogP contribution is 2.34. The van der Waals surface area contributed by atoms with Crippen LogP contribution < -0.4 is 14.8 Å². The first kappa shape index (κ1) is 12.6. The van der Waals surface area contributed by atoms with E-state index in [-0.39, 0.29) is 5.75 Å². The SMILES string of the molecule is Oc1ccc(NCc2cccc3c2OCCO3)cc1F. The summed E-state index contributed by atoms with van der Waals surface area (Å²) >= 11 is 0. The summed E-state index contributed by atoms with van der Waals surface area (Å²) in [5, 5.41) is 12.2. The Morgan fingerprint density at radius 2 is 2.00 bits per heavy atom. The molecule has 1 aliphatic rings. The van der Waals surface area contributed by atoms with E-state index >= 15 is 0 Å². The molecule has 0 aliphatic carbocycles. The number of halogens is 1. The molecule has 20 heavy (non-hydrogen) atoms. The number of anilines is 1. The van der Waals surface area contributed by atoms with Crippen LogP contribution in [0.1, 0.15) is 5.56 Å². The van der Waals surface area contributed by atoms with Crippen LogP contribution in [0.25, 0.3) is 0 Å². The summed E-state index contributed by atoms with van der Waals surface area (Å²) in [5.41, 5.74) is 1.53. The fourth-order valence-corrected chi connectivity index (χ4v) is 2.09. The lowest BCUT2D eigenvalue weighted by Gasteiger charge is -2.21. The van der Waals surface area contributed by atoms with Gasteiger partial charge in [0.15, 0.2) is 23.1 Å². The van der Waals surface area contributed by atoms with E-state index in [1.807, 2.05) is 18.2 Å². The number of fused-ring (bicyclic) bond motifs is 1. The number of aromatic hydroxyl groups is 1. The molecule has 5 heteroatoms. The van der Waals surface area contributed by atoms with Crippen molar-refractivity contribution in [1.82, 2.24) is 0 Å². The van der Waals surface area contributed by atoms with Gasteiger partial charge >= 0.3 is 0 Å².